The van der Waals surface area contributed by atoms with Crippen LogP contribution >= 0.6 is 0 Å². The van der Waals surface area contributed by atoms with Crippen molar-refractivity contribution >= 4 is 10.9 Å². The third-order valence-corrected chi connectivity index (χ3v) is 2.18. The van der Waals surface area contributed by atoms with Gasteiger partial charge in [-0.25, -0.2) is 0 Å². The van der Waals surface area contributed by atoms with Gasteiger partial charge < -0.3 is 0 Å². The number of aryl methyl sites for hydroxylation is 2. The fourth-order valence-electron chi connectivity index (χ4n) is 1.42. The monoisotopic (exact) mass is 232 g/mol. The second-order valence-electron chi connectivity index (χ2n) is 3.23. The predicted molar refractivity (Wildman–Crippen MR) is 76.3 cm³/mol. The molecule has 0 spiro atoms. The maximum absolute atomic E-state index is 4.11. The van der Waals surface area contributed by atoms with Gasteiger partial charge in [-0.3, -0.25) is 0 Å². The molecule has 0 aliphatic rings. The lowest BCUT2D eigenvalue weighted by atomic mass is 10.1. The van der Waals surface area contributed by atoms with E-state index in [1.54, 1.807) is 0 Å². The first-order valence-corrected chi connectivity index (χ1v) is 6.52. The first-order chi connectivity index (χ1) is 8.29. The lowest BCUT2D eigenvalue weighted by molar-refractivity contribution is 1.02. The van der Waals surface area contributed by atoms with Gasteiger partial charge in [-0.15, -0.1) is 0 Å². The minimum Gasteiger partial charge on any atom is -0.155 e. The molecule has 1 aromatic heterocycles. The van der Waals surface area contributed by atoms with Gasteiger partial charge in [-0.05, 0) is 37.1 Å². The Morgan fingerprint density at radius 2 is 1.59 bits per heavy atom. The van der Waals surface area contributed by atoms with Gasteiger partial charge in [0.25, 0.3) is 0 Å². The Morgan fingerprint density at radius 3 is 2.18 bits per heavy atom. The van der Waals surface area contributed by atoms with Gasteiger partial charge in [0.05, 0.1) is 11.2 Å². The Morgan fingerprint density at radius 1 is 0.941 bits per heavy atom. The third-order valence-electron chi connectivity index (χ3n) is 2.18. The summed E-state index contributed by atoms with van der Waals surface area (Å²) in [6.45, 7) is 12.1. The van der Waals surface area contributed by atoms with Crippen molar-refractivity contribution < 1.29 is 0 Å². The van der Waals surface area contributed by atoms with E-state index in [0.29, 0.717) is 0 Å². The van der Waals surface area contributed by atoms with Gasteiger partial charge in [0.15, 0.2) is 0 Å². The van der Waals surface area contributed by atoms with Gasteiger partial charge in [0.1, 0.15) is 0 Å². The average molecular weight is 232 g/mol. The Labute approximate surface area is 105 Å². The lowest BCUT2D eigenvalue weighted by Crippen LogP contribution is -1.88. The molecule has 0 atom stereocenters. The van der Waals surface area contributed by atoms with Crippen molar-refractivity contribution in [2.45, 2.75) is 48.0 Å². The number of hydrogen-bond donors (Lipinski definition) is 0. The summed E-state index contributed by atoms with van der Waals surface area (Å²) in [5.74, 6) is 0. The van der Waals surface area contributed by atoms with Gasteiger partial charge in [-0.2, -0.15) is 10.2 Å². The molecule has 0 bridgehead atoms. The Bertz CT molecular complexity index is 436. The summed E-state index contributed by atoms with van der Waals surface area (Å²) in [6, 6.07) is 8.38. The van der Waals surface area contributed by atoms with Crippen LogP contribution in [0.2, 0.25) is 0 Å². The summed E-state index contributed by atoms with van der Waals surface area (Å²) >= 11 is 0. The topological polar surface area (TPSA) is 25.8 Å². The molecule has 1 heterocycles. The van der Waals surface area contributed by atoms with Gasteiger partial charge in [0.2, 0.25) is 0 Å². The van der Waals surface area contributed by atoms with E-state index in [2.05, 4.69) is 35.3 Å². The molecule has 0 aliphatic heterocycles. The molecule has 17 heavy (non-hydrogen) atoms. The zero-order chi connectivity index (χ0) is 13.3. The third kappa shape index (κ3) is 4.51. The second-order valence-corrected chi connectivity index (χ2v) is 3.23. The molecule has 0 radical (unpaired) electrons. The smallest absolute Gasteiger partial charge is 0.0930 e. The van der Waals surface area contributed by atoms with E-state index in [4.69, 9.17) is 0 Å². The zero-order valence-electron chi connectivity index (χ0n) is 11.9. The Balaban J connectivity index is 0.000000581. The molecule has 2 nitrogen and oxygen atoms in total. The van der Waals surface area contributed by atoms with Gasteiger partial charge >= 0.3 is 0 Å². The standard InChI is InChI=1S/C11H12N2.2C2H6/c1-3-9-4-5-11-10(7-9)6-8(2)12-13-11;2*1-2/h4-7H,3H2,1-2H3;2*1-2H3. The molecule has 2 rings (SSSR count). The SMILES string of the molecule is CC.CC.CCc1ccc2nnc(C)cc2c1. The maximum atomic E-state index is 4.11. The lowest BCUT2D eigenvalue weighted by Gasteiger charge is -2.00. The van der Waals surface area contributed by atoms with Crippen LogP contribution in [-0.2, 0) is 6.42 Å². The highest BCUT2D eigenvalue weighted by Crippen LogP contribution is 2.13. The number of nitrogens with zero attached hydrogens (tertiary/aromatic N) is 2. The van der Waals surface area contributed by atoms with Crippen LogP contribution in [0.1, 0.15) is 45.9 Å². The Hall–Kier alpha value is -1.44. The van der Waals surface area contributed by atoms with Gasteiger partial charge in [-0.1, -0.05) is 40.7 Å². The van der Waals surface area contributed by atoms with Crippen LogP contribution < -0.4 is 0 Å². The molecule has 0 saturated heterocycles. The van der Waals surface area contributed by atoms with Crippen molar-refractivity contribution in [3.63, 3.8) is 0 Å². The van der Waals surface area contributed by atoms with Crippen LogP contribution in [0.25, 0.3) is 10.9 Å². The van der Waals surface area contributed by atoms with E-state index in [-0.39, 0.29) is 0 Å². The molecule has 0 amide bonds. The molecule has 0 unspecified atom stereocenters. The van der Waals surface area contributed by atoms with Crippen LogP contribution in [0.15, 0.2) is 24.3 Å². The number of fused-ring (bicyclic) bond motifs is 1. The summed E-state index contributed by atoms with van der Waals surface area (Å²) in [5, 5.41) is 9.31. The number of benzene rings is 1. The van der Waals surface area contributed by atoms with E-state index in [0.717, 1.165) is 17.6 Å². The van der Waals surface area contributed by atoms with E-state index in [1.165, 1.54) is 10.9 Å². The highest BCUT2D eigenvalue weighted by molar-refractivity contribution is 5.78. The average Bonchev–Trinajstić information content (AvgIpc) is 2.42. The summed E-state index contributed by atoms with van der Waals surface area (Å²) < 4.78 is 0. The molecule has 2 heteroatoms. The summed E-state index contributed by atoms with van der Waals surface area (Å²) in [6.07, 6.45) is 1.07. The van der Waals surface area contributed by atoms with Crippen LogP contribution in [0.5, 0.6) is 0 Å². The van der Waals surface area contributed by atoms with E-state index in [1.807, 2.05) is 40.7 Å². The fourth-order valence-corrected chi connectivity index (χ4v) is 1.42. The number of hydrogen-bond acceptors (Lipinski definition) is 2. The molecular weight excluding hydrogens is 208 g/mol. The maximum Gasteiger partial charge on any atom is 0.0930 e. The molecule has 0 fully saturated rings. The molecule has 0 saturated carbocycles. The molecule has 1 aromatic carbocycles. The van der Waals surface area contributed by atoms with E-state index < -0.39 is 0 Å². The quantitative estimate of drug-likeness (QED) is 0.720. The van der Waals surface area contributed by atoms with Crippen molar-refractivity contribution in [1.82, 2.24) is 10.2 Å². The normalized spacial score (nSPS) is 8.82. The summed E-state index contributed by atoms with van der Waals surface area (Å²) in [5.41, 5.74) is 3.29. The number of aromatic nitrogens is 2. The van der Waals surface area contributed by atoms with Crippen LogP contribution in [-0.4, -0.2) is 10.2 Å². The minimum atomic E-state index is 0.973. The van der Waals surface area contributed by atoms with Gasteiger partial charge in [0, 0.05) is 5.39 Å². The van der Waals surface area contributed by atoms with Crippen LogP contribution in [0.3, 0.4) is 0 Å². The minimum absolute atomic E-state index is 0.973. The Kier molecular flexibility index (Phi) is 7.95. The summed E-state index contributed by atoms with van der Waals surface area (Å²) in [4.78, 5) is 0. The van der Waals surface area contributed by atoms with Crippen LogP contribution in [0.4, 0.5) is 0 Å². The van der Waals surface area contributed by atoms with Crippen molar-refractivity contribution in [2.24, 2.45) is 0 Å². The van der Waals surface area contributed by atoms with Crippen LogP contribution in [0, 0.1) is 6.92 Å². The molecule has 0 aliphatic carbocycles. The first-order valence-electron chi connectivity index (χ1n) is 6.52. The van der Waals surface area contributed by atoms with E-state index in [9.17, 15) is 0 Å². The molecule has 2 aromatic rings. The predicted octanol–water partition coefficient (Wildman–Crippen LogP) is 4.55. The molecule has 94 valence electrons. The number of rotatable bonds is 1. The zero-order valence-corrected chi connectivity index (χ0v) is 11.9. The summed E-state index contributed by atoms with van der Waals surface area (Å²) in [7, 11) is 0. The van der Waals surface area contributed by atoms with Crippen molar-refractivity contribution in [3.05, 3.63) is 35.5 Å². The van der Waals surface area contributed by atoms with Crippen molar-refractivity contribution in [1.29, 1.82) is 0 Å². The van der Waals surface area contributed by atoms with Crippen molar-refractivity contribution in [2.75, 3.05) is 0 Å². The fraction of sp³-hybridized carbons (Fsp3) is 0.467. The highest BCUT2D eigenvalue weighted by atomic mass is 15.1. The second kappa shape index (κ2) is 8.68. The first kappa shape index (κ1) is 15.6. The molecular formula is C15H24N2. The van der Waals surface area contributed by atoms with E-state index >= 15 is 0 Å². The molecule has 0 N–H and O–H groups in total. The van der Waals surface area contributed by atoms with Crippen molar-refractivity contribution in [3.8, 4) is 0 Å². The largest absolute Gasteiger partial charge is 0.155 e. The highest BCUT2D eigenvalue weighted by Gasteiger charge is 1.97.